The van der Waals surface area contributed by atoms with Crippen molar-refractivity contribution in [2.75, 3.05) is 0 Å². The number of aromatic nitrogens is 4. The van der Waals surface area contributed by atoms with Gasteiger partial charge in [-0.25, -0.2) is 4.39 Å². The average molecular weight is 327 g/mol. The SMILES string of the molecule is CCn1ncc(C(C)NCc2cc(-c3ccccc3F)n[nH]2)c1C. The van der Waals surface area contributed by atoms with Crippen LogP contribution in [0.3, 0.4) is 0 Å². The molecule has 5 nitrogen and oxygen atoms in total. The molecule has 0 radical (unpaired) electrons. The third-order valence-electron chi connectivity index (χ3n) is 4.29. The molecule has 2 N–H and O–H groups in total. The zero-order valence-corrected chi connectivity index (χ0v) is 14.2. The van der Waals surface area contributed by atoms with Crippen LogP contribution in [-0.4, -0.2) is 20.0 Å². The van der Waals surface area contributed by atoms with Gasteiger partial charge in [-0.05, 0) is 39.0 Å². The molecule has 1 atom stereocenters. The van der Waals surface area contributed by atoms with Gasteiger partial charge in [-0.1, -0.05) is 12.1 Å². The number of rotatable bonds is 6. The average Bonchev–Trinajstić information content (AvgIpc) is 3.19. The van der Waals surface area contributed by atoms with E-state index in [2.05, 4.69) is 41.4 Å². The Bertz CT molecular complexity index is 820. The molecule has 0 saturated carbocycles. The number of nitrogens with zero attached hydrogens (tertiary/aromatic N) is 3. The maximum atomic E-state index is 13.8. The number of benzene rings is 1. The molecule has 24 heavy (non-hydrogen) atoms. The monoisotopic (exact) mass is 327 g/mol. The number of nitrogens with one attached hydrogen (secondary N) is 2. The minimum atomic E-state index is -0.264. The van der Waals surface area contributed by atoms with E-state index in [0.29, 0.717) is 17.8 Å². The first-order chi connectivity index (χ1) is 11.6. The maximum Gasteiger partial charge on any atom is 0.132 e. The van der Waals surface area contributed by atoms with Crippen molar-refractivity contribution in [3.05, 3.63) is 59.3 Å². The highest BCUT2D eigenvalue weighted by molar-refractivity contribution is 5.59. The standard InChI is InChI=1S/C18H22FN5/c1-4-24-13(3)16(11-21-24)12(2)20-10-14-9-18(23-22-14)15-7-5-6-8-17(15)19/h5-9,11-12,20H,4,10H2,1-3H3,(H,22,23). The largest absolute Gasteiger partial charge is 0.304 e. The van der Waals surface area contributed by atoms with Crippen LogP contribution in [0.2, 0.25) is 0 Å². The molecule has 1 aromatic carbocycles. The molecule has 3 rings (SSSR count). The molecule has 0 aliphatic rings. The van der Waals surface area contributed by atoms with Crippen molar-refractivity contribution < 1.29 is 4.39 Å². The Morgan fingerprint density at radius 1 is 1.33 bits per heavy atom. The first-order valence-electron chi connectivity index (χ1n) is 8.15. The predicted molar refractivity (Wildman–Crippen MR) is 91.9 cm³/mol. The second-order valence-electron chi connectivity index (χ2n) is 5.86. The number of hydrogen-bond donors (Lipinski definition) is 2. The summed E-state index contributed by atoms with van der Waals surface area (Å²) in [5, 5.41) is 15.0. The van der Waals surface area contributed by atoms with Crippen LogP contribution < -0.4 is 5.32 Å². The van der Waals surface area contributed by atoms with Gasteiger partial charge < -0.3 is 5.32 Å². The van der Waals surface area contributed by atoms with Crippen LogP contribution >= 0.6 is 0 Å². The fraction of sp³-hybridized carbons (Fsp3) is 0.333. The van der Waals surface area contributed by atoms with Gasteiger partial charge in [0.2, 0.25) is 0 Å². The minimum Gasteiger partial charge on any atom is -0.304 e. The molecule has 0 spiro atoms. The maximum absolute atomic E-state index is 13.8. The summed E-state index contributed by atoms with van der Waals surface area (Å²) >= 11 is 0. The lowest BCUT2D eigenvalue weighted by Gasteiger charge is -2.13. The molecular weight excluding hydrogens is 305 g/mol. The summed E-state index contributed by atoms with van der Waals surface area (Å²) in [6, 6.07) is 8.70. The normalized spacial score (nSPS) is 12.5. The number of aromatic amines is 1. The molecule has 126 valence electrons. The van der Waals surface area contributed by atoms with E-state index in [4.69, 9.17) is 0 Å². The highest BCUT2D eigenvalue weighted by Crippen LogP contribution is 2.21. The molecule has 2 heterocycles. The van der Waals surface area contributed by atoms with Crippen molar-refractivity contribution in [1.82, 2.24) is 25.3 Å². The van der Waals surface area contributed by atoms with Gasteiger partial charge in [0.15, 0.2) is 0 Å². The number of aryl methyl sites for hydroxylation is 1. The summed E-state index contributed by atoms with van der Waals surface area (Å²) < 4.78 is 15.8. The van der Waals surface area contributed by atoms with Gasteiger partial charge in [0.25, 0.3) is 0 Å². The van der Waals surface area contributed by atoms with Gasteiger partial charge in [-0.2, -0.15) is 10.2 Å². The van der Waals surface area contributed by atoms with Gasteiger partial charge >= 0.3 is 0 Å². The zero-order chi connectivity index (χ0) is 17.1. The Labute approximate surface area is 140 Å². The van der Waals surface area contributed by atoms with E-state index >= 15 is 0 Å². The van der Waals surface area contributed by atoms with Crippen molar-refractivity contribution >= 4 is 0 Å². The fourth-order valence-corrected chi connectivity index (χ4v) is 2.84. The summed E-state index contributed by atoms with van der Waals surface area (Å²) in [5.41, 5.74) is 4.40. The molecule has 0 saturated heterocycles. The molecule has 2 aromatic heterocycles. The van der Waals surface area contributed by atoms with E-state index in [0.717, 1.165) is 12.2 Å². The van der Waals surface area contributed by atoms with Crippen molar-refractivity contribution in [3.63, 3.8) is 0 Å². The van der Waals surface area contributed by atoms with Crippen molar-refractivity contribution in [2.24, 2.45) is 0 Å². The van der Waals surface area contributed by atoms with Gasteiger partial charge in [-0.3, -0.25) is 9.78 Å². The second kappa shape index (κ2) is 6.97. The van der Waals surface area contributed by atoms with E-state index in [9.17, 15) is 4.39 Å². The summed E-state index contributed by atoms with van der Waals surface area (Å²) in [5.74, 6) is -0.264. The van der Waals surface area contributed by atoms with Crippen LogP contribution in [0.25, 0.3) is 11.3 Å². The van der Waals surface area contributed by atoms with E-state index in [1.165, 1.54) is 17.3 Å². The molecule has 3 aromatic rings. The molecular formula is C18H22FN5. The van der Waals surface area contributed by atoms with Crippen molar-refractivity contribution in [1.29, 1.82) is 0 Å². The lowest BCUT2D eigenvalue weighted by molar-refractivity contribution is 0.560. The Hall–Kier alpha value is -2.47. The molecule has 0 aliphatic heterocycles. The first kappa shape index (κ1) is 16.4. The van der Waals surface area contributed by atoms with E-state index < -0.39 is 0 Å². The lowest BCUT2D eigenvalue weighted by atomic mass is 10.1. The van der Waals surface area contributed by atoms with Crippen LogP contribution in [0.4, 0.5) is 4.39 Å². The number of halogens is 1. The third-order valence-corrected chi connectivity index (χ3v) is 4.29. The van der Waals surface area contributed by atoms with E-state index in [1.807, 2.05) is 16.9 Å². The summed E-state index contributed by atoms with van der Waals surface area (Å²) in [6.45, 7) is 7.76. The number of H-pyrrole nitrogens is 1. The Balaban J connectivity index is 1.67. The van der Waals surface area contributed by atoms with Gasteiger partial charge in [-0.15, -0.1) is 0 Å². The van der Waals surface area contributed by atoms with Crippen molar-refractivity contribution in [2.45, 2.75) is 39.9 Å². The zero-order valence-electron chi connectivity index (χ0n) is 14.2. The quantitative estimate of drug-likeness (QED) is 0.727. The van der Waals surface area contributed by atoms with Gasteiger partial charge in [0.05, 0.1) is 11.9 Å². The van der Waals surface area contributed by atoms with E-state index in [1.54, 1.807) is 18.2 Å². The van der Waals surface area contributed by atoms with E-state index in [-0.39, 0.29) is 11.9 Å². The smallest absolute Gasteiger partial charge is 0.132 e. The summed E-state index contributed by atoms with van der Waals surface area (Å²) in [7, 11) is 0. The molecule has 0 aliphatic carbocycles. The molecule has 0 fully saturated rings. The van der Waals surface area contributed by atoms with Gasteiger partial charge in [0.1, 0.15) is 5.82 Å². The van der Waals surface area contributed by atoms with Crippen LogP contribution in [0.5, 0.6) is 0 Å². The molecule has 0 bridgehead atoms. The van der Waals surface area contributed by atoms with Crippen molar-refractivity contribution in [3.8, 4) is 11.3 Å². The molecule has 0 amide bonds. The minimum absolute atomic E-state index is 0.172. The van der Waals surface area contributed by atoms with Crippen LogP contribution in [0.1, 0.15) is 36.8 Å². The highest BCUT2D eigenvalue weighted by atomic mass is 19.1. The fourth-order valence-electron chi connectivity index (χ4n) is 2.84. The van der Waals surface area contributed by atoms with Crippen LogP contribution in [0.15, 0.2) is 36.5 Å². The number of hydrogen-bond acceptors (Lipinski definition) is 3. The molecule has 1 unspecified atom stereocenters. The molecule has 6 heteroatoms. The van der Waals surface area contributed by atoms with Gasteiger partial charge in [0, 0.05) is 41.6 Å². The second-order valence-corrected chi connectivity index (χ2v) is 5.86. The van der Waals surface area contributed by atoms with Crippen LogP contribution in [-0.2, 0) is 13.1 Å². The summed E-state index contributed by atoms with van der Waals surface area (Å²) in [6.07, 6.45) is 1.91. The Kier molecular flexibility index (Phi) is 4.76. The Morgan fingerprint density at radius 3 is 2.83 bits per heavy atom. The first-order valence-corrected chi connectivity index (χ1v) is 8.15. The summed E-state index contributed by atoms with van der Waals surface area (Å²) in [4.78, 5) is 0. The lowest BCUT2D eigenvalue weighted by Crippen LogP contribution is -2.19. The van der Waals surface area contributed by atoms with Crippen LogP contribution in [0, 0.1) is 12.7 Å². The highest BCUT2D eigenvalue weighted by Gasteiger charge is 2.13. The Morgan fingerprint density at radius 2 is 2.12 bits per heavy atom. The predicted octanol–water partition coefficient (Wildman–Crippen LogP) is 3.59. The third kappa shape index (κ3) is 3.23. The topological polar surface area (TPSA) is 58.5 Å².